The molecule has 1 N–H and O–H groups in total. The van der Waals surface area contributed by atoms with Crippen LogP contribution >= 0.6 is 0 Å². The highest BCUT2D eigenvalue weighted by atomic mass is 16.6. The van der Waals surface area contributed by atoms with Gasteiger partial charge >= 0.3 is 12.1 Å². The third-order valence-electron chi connectivity index (χ3n) is 3.21. The number of amides is 1. The summed E-state index contributed by atoms with van der Waals surface area (Å²) in [6.07, 6.45) is 3.75. The van der Waals surface area contributed by atoms with Gasteiger partial charge in [-0.2, -0.15) is 0 Å². The number of carbonyl (C=O) groups excluding carboxylic acids is 2. The van der Waals surface area contributed by atoms with Crippen LogP contribution in [0.3, 0.4) is 0 Å². The Morgan fingerprint density at radius 3 is 2.78 bits per heavy atom. The first kappa shape index (κ1) is 18.4. The average Bonchev–Trinajstić information content (AvgIpc) is 3.19. The van der Waals surface area contributed by atoms with Gasteiger partial charge in [-0.3, -0.25) is 0 Å². The van der Waals surface area contributed by atoms with Crippen LogP contribution in [0.1, 0.15) is 20.8 Å². The topological polar surface area (TPSA) is 104 Å². The Morgan fingerprint density at radius 1 is 1.19 bits per heavy atom. The molecule has 0 fully saturated rings. The number of esters is 1. The number of carbonyl (C=O) groups is 2. The first-order chi connectivity index (χ1) is 12.8. The van der Waals surface area contributed by atoms with Gasteiger partial charge < -0.3 is 28.0 Å². The molecule has 0 saturated carbocycles. The number of alkyl carbamates (subject to hydrolysis) is 1. The zero-order chi connectivity index (χ0) is 19.4. The fourth-order valence-corrected chi connectivity index (χ4v) is 2.07. The number of hydrogen-bond acceptors (Lipinski definition) is 7. The molecule has 142 valence electrons. The second kappa shape index (κ2) is 7.45. The van der Waals surface area contributed by atoms with Crippen molar-refractivity contribution in [1.82, 2.24) is 5.32 Å². The van der Waals surface area contributed by atoms with Gasteiger partial charge in [0.25, 0.3) is 0 Å². The van der Waals surface area contributed by atoms with Crippen LogP contribution in [0.15, 0.2) is 56.3 Å². The molecule has 0 radical (unpaired) electrons. The van der Waals surface area contributed by atoms with Crippen molar-refractivity contribution in [2.45, 2.75) is 26.4 Å². The predicted molar refractivity (Wildman–Crippen MR) is 93.5 cm³/mol. The average molecular weight is 373 g/mol. The van der Waals surface area contributed by atoms with Crippen LogP contribution in [0.4, 0.5) is 4.79 Å². The molecule has 0 atom stereocenters. The smallest absolute Gasteiger partial charge is 0.408 e. The molecule has 0 aromatic carbocycles. The van der Waals surface area contributed by atoms with Gasteiger partial charge in [0.05, 0.1) is 17.9 Å². The van der Waals surface area contributed by atoms with Crippen LogP contribution in [-0.4, -0.2) is 24.2 Å². The van der Waals surface area contributed by atoms with E-state index in [0.29, 0.717) is 16.4 Å². The molecule has 2 aliphatic heterocycles. The maximum Gasteiger partial charge on any atom is 0.408 e. The van der Waals surface area contributed by atoms with Crippen LogP contribution in [0.25, 0.3) is 11.0 Å². The van der Waals surface area contributed by atoms with E-state index in [4.69, 9.17) is 22.7 Å². The molecular weight excluding hydrogens is 354 g/mol. The van der Waals surface area contributed by atoms with E-state index in [1.165, 1.54) is 24.9 Å². The van der Waals surface area contributed by atoms with Gasteiger partial charge in [-0.15, -0.1) is 0 Å². The van der Waals surface area contributed by atoms with Gasteiger partial charge in [0.15, 0.2) is 11.2 Å². The first-order valence-electron chi connectivity index (χ1n) is 8.19. The molecule has 1 aromatic rings. The van der Waals surface area contributed by atoms with E-state index in [2.05, 4.69) is 5.32 Å². The number of furan rings is 1. The Labute approximate surface area is 154 Å². The third-order valence-corrected chi connectivity index (χ3v) is 3.21. The zero-order valence-electron chi connectivity index (χ0n) is 15.1. The lowest BCUT2D eigenvalue weighted by Gasteiger charge is -2.19. The molecule has 2 aliphatic rings. The van der Waals surface area contributed by atoms with E-state index >= 15 is 0 Å². The third kappa shape index (κ3) is 5.27. The predicted octanol–water partition coefficient (Wildman–Crippen LogP) is 3.90. The molecule has 0 aliphatic carbocycles. The summed E-state index contributed by atoms with van der Waals surface area (Å²) in [5.74, 6) is -0.490. The molecule has 3 rings (SSSR count). The number of ether oxygens (including phenoxy) is 2. The van der Waals surface area contributed by atoms with Gasteiger partial charge in [-0.1, -0.05) is 0 Å². The van der Waals surface area contributed by atoms with Crippen molar-refractivity contribution in [3.63, 3.8) is 0 Å². The van der Waals surface area contributed by atoms with Crippen molar-refractivity contribution in [2.75, 3.05) is 6.54 Å². The molecule has 1 aromatic heterocycles. The van der Waals surface area contributed by atoms with E-state index in [-0.39, 0.29) is 12.3 Å². The highest BCUT2D eigenvalue weighted by molar-refractivity contribution is 5.79. The van der Waals surface area contributed by atoms with Crippen LogP contribution in [0.2, 0.25) is 0 Å². The second-order valence-electron chi connectivity index (χ2n) is 6.62. The molecule has 8 heteroatoms. The lowest BCUT2D eigenvalue weighted by molar-refractivity contribution is -0.133. The van der Waals surface area contributed by atoms with Crippen LogP contribution in [-0.2, 0) is 9.53 Å². The number of nitrogens with one attached hydrogen (secondary N) is 1. The van der Waals surface area contributed by atoms with Crippen molar-refractivity contribution in [1.29, 1.82) is 0 Å². The number of rotatable bonds is 3. The summed E-state index contributed by atoms with van der Waals surface area (Å²) in [7, 11) is 0. The molecule has 8 nitrogen and oxygen atoms in total. The van der Waals surface area contributed by atoms with Crippen LogP contribution in [0, 0.1) is 10.8 Å². The summed E-state index contributed by atoms with van der Waals surface area (Å²) in [5, 5.41) is 3.08. The van der Waals surface area contributed by atoms with Crippen molar-refractivity contribution in [3.05, 3.63) is 53.9 Å². The Morgan fingerprint density at radius 2 is 2.00 bits per heavy atom. The van der Waals surface area contributed by atoms with Gasteiger partial charge in [0.1, 0.15) is 24.0 Å². The molecule has 27 heavy (non-hydrogen) atoms. The summed E-state index contributed by atoms with van der Waals surface area (Å²) in [4.78, 5) is 23.6. The van der Waals surface area contributed by atoms with E-state index in [9.17, 15) is 9.59 Å². The lowest BCUT2D eigenvalue weighted by atomic mass is 10.2. The standard InChI is InChI=1S/C19H19NO7/c1-19(2,3)27-18(22)20-10-16(21)25-13-5-4-7-23-11-12-6-8-24-14(12)9-15-17(13)26-15/h4-9,11H,10H2,1-3H3,(H,20,22). The van der Waals surface area contributed by atoms with Crippen molar-refractivity contribution in [2.24, 2.45) is 0 Å². The monoisotopic (exact) mass is 373 g/mol. The van der Waals surface area contributed by atoms with Gasteiger partial charge in [-0.25, -0.2) is 9.59 Å². The summed E-state index contributed by atoms with van der Waals surface area (Å²) >= 11 is 0. The largest absolute Gasteiger partial charge is 0.472 e. The van der Waals surface area contributed by atoms with E-state index in [1.807, 2.05) is 0 Å². The SMILES string of the molecule is CC(C)(C)OC(=O)NCC(=O)Oc1cccocc2ccoc2cc2oc1=2. The van der Waals surface area contributed by atoms with E-state index in [0.717, 1.165) is 5.39 Å². The summed E-state index contributed by atoms with van der Waals surface area (Å²) in [6, 6.07) is 6.48. The van der Waals surface area contributed by atoms with E-state index < -0.39 is 17.7 Å². The maximum absolute atomic E-state index is 12.0. The zero-order valence-corrected chi connectivity index (χ0v) is 15.1. The summed E-state index contributed by atoms with van der Waals surface area (Å²) in [6.45, 7) is 4.82. The highest BCUT2D eigenvalue weighted by Gasteiger charge is 2.18. The molecular formula is C19H19NO7. The molecule has 3 heterocycles. The Hall–Kier alpha value is -3.42. The normalized spacial score (nSPS) is 11.2. The minimum atomic E-state index is -0.707. The molecule has 0 spiro atoms. The van der Waals surface area contributed by atoms with Crippen LogP contribution < -0.4 is 10.1 Å². The Kier molecular flexibility index (Phi) is 5.07. The van der Waals surface area contributed by atoms with Crippen molar-refractivity contribution < 1.29 is 32.3 Å². The lowest BCUT2D eigenvalue weighted by Crippen LogP contribution is -2.36. The van der Waals surface area contributed by atoms with E-state index in [1.54, 1.807) is 39.0 Å². The van der Waals surface area contributed by atoms with Gasteiger partial charge in [-0.05, 0) is 39.0 Å². The minimum absolute atomic E-state index is 0.187. The summed E-state index contributed by atoms with van der Waals surface area (Å²) < 4.78 is 26.4. The Bertz CT molecular complexity index is 1070. The minimum Gasteiger partial charge on any atom is -0.472 e. The van der Waals surface area contributed by atoms with Gasteiger partial charge in [0, 0.05) is 6.07 Å². The molecule has 0 saturated heterocycles. The summed E-state index contributed by atoms with van der Waals surface area (Å²) in [5.41, 5.74) is 0.797. The number of hydrogen-bond donors (Lipinski definition) is 1. The molecule has 1 amide bonds. The fourth-order valence-electron chi connectivity index (χ4n) is 2.07. The highest BCUT2D eigenvalue weighted by Crippen LogP contribution is 2.21. The maximum atomic E-state index is 12.0. The second-order valence-corrected chi connectivity index (χ2v) is 6.62. The van der Waals surface area contributed by atoms with Crippen molar-refractivity contribution >= 4 is 23.0 Å². The molecule has 0 unspecified atom stereocenters. The quantitative estimate of drug-likeness (QED) is 0.694. The van der Waals surface area contributed by atoms with Crippen LogP contribution in [0.5, 0.6) is 5.75 Å². The molecule has 0 bridgehead atoms. The fraction of sp³-hybridized carbons (Fsp3) is 0.263. The first-order valence-corrected chi connectivity index (χ1v) is 8.19. The Balaban J connectivity index is 1.77. The number of fused-ring (bicyclic) bond motifs is 1. The van der Waals surface area contributed by atoms with Crippen molar-refractivity contribution in [3.8, 4) is 5.75 Å². The van der Waals surface area contributed by atoms with Gasteiger partial charge in [0.2, 0.25) is 5.42 Å².